The van der Waals surface area contributed by atoms with Crippen LogP contribution in [0.4, 0.5) is 4.39 Å². The van der Waals surface area contributed by atoms with Crippen molar-refractivity contribution in [3.8, 4) is 0 Å². The van der Waals surface area contributed by atoms with Crippen LogP contribution in [0, 0.1) is 11.7 Å². The van der Waals surface area contributed by atoms with E-state index in [1.165, 1.54) is 19.1 Å². The van der Waals surface area contributed by atoms with Crippen molar-refractivity contribution >= 4 is 16.7 Å². The monoisotopic (exact) mass is 262 g/mol. The summed E-state index contributed by atoms with van der Waals surface area (Å²) in [6, 6.07) is 4.45. The Balaban J connectivity index is 2.06. The molecule has 1 aliphatic heterocycles. The summed E-state index contributed by atoms with van der Waals surface area (Å²) in [6.07, 6.45) is 0.998. The number of aromatic nitrogens is 2. The molecule has 1 aliphatic rings. The summed E-state index contributed by atoms with van der Waals surface area (Å²) in [5.41, 5.74) is 1.15. The van der Waals surface area contributed by atoms with Gasteiger partial charge in [0.25, 0.3) is 0 Å². The van der Waals surface area contributed by atoms with Gasteiger partial charge in [-0.1, -0.05) is 0 Å². The molecule has 0 saturated carbocycles. The molecule has 1 unspecified atom stereocenters. The van der Waals surface area contributed by atoms with Crippen LogP contribution in [-0.2, 0) is 11.3 Å². The number of hydrogen-bond donors (Lipinski definition) is 0. The van der Waals surface area contributed by atoms with E-state index in [4.69, 9.17) is 4.74 Å². The van der Waals surface area contributed by atoms with E-state index in [1.54, 1.807) is 10.7 Å². The molecule has 2 heterocycles. The van der Waals surface area contributed by atoms with E-state index in [9.17, 15) is 9.18 Å². The second-order valence-corrected chi connectivity index (χ2v) is 4.98. The zero-order chi connectivity index (χ0) is 13.4. The molecule has 1 fully saturated rings. The minimum atomic E-state index is -0.348. The van der Waals surface area contributed by atoms with Gasteiger partial charge in [0.1, 0.15) is 11.5 Å². The number of rotatable bonds is 3. The van der Waals surface area contributed by atoms with Crippen LogP contribution in [0.15, 0.2) is 18.2 Å². The summed E-state index contributed by atoms with van der Waals surface area (Å²) in [5.74, 6) is -0.0799. The number of ether oxygens (including phenoxy) is 1. The van der Waals surface area contributed by atoms with Gasteiger partial charge in [0, 0.05) is 31.4 Å². The third kappa shape index (κ3) is 2.26. The highest BCUT2D eigenvalue weighted by Crippen LogP contribution is 2.23. The highest BCUT2D eigenvalue weighted by atomic mass is 19.1. The number of carbonyl (C=O) groups is 1. The Morgan fingerprint density at radius 1 is 1.58 bits per heavy atom. The maximum absolute atomic E-state index is 13.3. The molecule has 1 saturated heterocycles. The van der Waals surface area contributed by atoms with E-state index in [0.717, 1.165) is 25.2 Å². The third-order valence-corrected chi connectivity index (χ3v) is 3.50. The average Bonchev–Trinajstić information content (AvgIpc) is 2.97. The first-order valence-electron chi connectivity index (χ1n) is 6.40. The van der Waals surface area contributed by atoms with E-state index in [0.29, 0.717) is 23.5 Å². The Kier molecular flexibility index (Phi) is 3.06. The lowest BCUT2D eigenvalue weighted by Crippen LogP contribution is -2.12. The molecule has 5 heteroatoms. The summed E-state index contributed by atoms with van der Waals surface area (Å²) in [5, 5.41) is 4.93. The Hall–Kier alpha value is -1.75. The largest absolute Gasteiger partial charge is 0.381 e. The number of ketones is 1. The Morgan fingerprint density at radius 2 is 2.42 bits per heavy atom. The van der Waals surface area contributed by atoms with Gasteiger partial charge >= 0.3 is 0 Å². The maximum Gasteiger partial charge on any atom is 0.180 e. The Labute approximate surface area is 110 Å². The van der Waals surface area contributed by atoms with Gasteiger partial charge in [-0.2, -0.15) is 5.10 Å². The fraction of sp³-hybridized carbons (Fsp3) is 0.429. The normalized spacial score (nSPS) is 19.2. The van der Waals surface area contributed by atoms with Crippen molar-refractivity contribution in [2.45, 2.75) is 19.9 Å². The van der Waals surface area contributed by atoms with Gasteiger partial charge in [-0.05, 0) is 24.6 Å². The first-order chi connectivity index (χ1) is 9.15. The van der Waals surface area contributed by atoms with Crippen LogP contribution in [0.3, 0.4) is 0 Å². The zero-order valence-electron chi connectivity index (χ0n) is 10.7. The molecule has 0 spiro atoms. The molecule has 3 rings (SSSR count). The Morgan fingerprint density at radius 3 is 3.11 bits per heavy atom. The molecule has 4 nitrogen and oxygen atoms in total. The molecule has 2 aromatic rings. The van der Waals surface area contributed by atoms with Crippen molar-refractivity contribution in [1.82, 2.24) is 9.78 Å². The molecule has 1 aromatic heterocycles. The quantitative estimate of drug-likeness (QED) is 0.798. The number of nitrogens with zero attached hydrogens (tertiary/aromatic N) is 2. The lowest BCUT2D eigenvalue weighted by atomic mass is 10.1. The van der Waals surface area contributed by atoms with E-state index in [2.05, 4.69) is 5.10 Å². The standard InChI is InChI=1S/C14H15FN2O2/c1-9(18)14-12-6-11(15)2-3-13(12)17(16-14)7-10-4-5-19-8-10/h2-3,6,10H,4-5,7-8H2,1H3. The van der Waals surface area contributed by atoms with Crippen molar-refractivity contribution in [2.24, 2.45) is 5.92 Å². The number of hydrogen-bond acceptors (Lipinski definition) is 3. The van der Waals surface area contributed by atoms with Gasteiger partial charge in [-0.3, -0.25) is 9.48 Å². The third-order valence-electron chi connectivity index (χ3n) is 3.50. The smallest absolute Gasteiger partial charge is 0.180 e. The molecule has 1 aromatic carbocycles. The molecule has 1 atom stereocenters. The maximum atomic E-state index is 13.3. The van der Waals surface area contributed by atoms with E-state index in [-0.39, 0.29) is 11.6 Å². The van der Waals surface area contributed by atoms with E-state index in [1.807, 2.05) is 0 Å². The van der Waals surface area contributed by atoms with Crippen LogP contribution >= 0.6 is 0 Å². The summed E-state index contributed by atoms with van der Waals surface area (Å²) < 4.78 is 20.5. The van der Waals surface area contributed by atoms with Crippen molar-refractivity contribution in [1.29, 1.82) is 0 Å². The van der Waals surface area contributed by atoms with E-state index < -0.39 is 0 Å². The predicted molar refractivity (Wildman–Crippen MR) is 68.6 cm³/mol. The Bertz CT molecular complexity index is 630. The fourth-order valence-electron chi connectivity index (χ4n) is 2.52. The molecular weight excluding hydrogens is 247 g/mol. The summed E-state index contributed by atoms with van der Waals surface area (Å²) in [6.45, 7) is 3.65. The summed E-state index contributed by atoms with van der Waals surface area (Å²) >= 11 is 0. The van der Waals surface area contributed by atoms with Gasteiger partial charge in [0.15, 0.2) is 5.78 Å². The number of benzene rings is 1. The lowest BCUT2D eigenvalue weighted by Gasteiger charge is -2.08. The van der Waals surface area contributed by atoms with Crippen molar-refractivity contribution in [2.75, 3.05) is 13.2 Å². The number of halogens is 1. The van der Waals surface area contributed by atoms with Crippen LogP contribution < -0.4 is 0 Å². The second-order valence-electron chi connectivity index (χ2n) is 4.98. The van der Waals surface area contributed by atoms with Crippen molar-refractivity contribution in [3.63, 3.8) is 0 Å². The van der Waals surface area contributed by atoms with Crippen LogP contribution in [0.25, 0.3) is 10.9 Å². The molecule has 19 heavy (non-hydrogen) atoms. The van der Waals surface area contributed by atoms with Gasteiger partial charge in [0.2, 0.25) is 0 Å². The van der Waals surface area contributed by atoms with Crippen LogP contribution in [0.1, 0.15) is 23.8 Å². The molecular formula is C14H15FN2O2. The molecule has 100 valence electrons. The molecule has 0 amide bonds. The van der Waals surface area contributed by atoms with Gasteiger partial charge in [0.05, 0.1) is 12.1 Å². The second kappa shape index (κ2) is 4.74. The molecule has 0 N–H and O–H groups in total. The van der Waals surface area contributed by atoms with Gasteiger partial charge < -0.3 is 4.74 Å². The van der Waals surface area contributed by atoms with Gasteiger partial charge in [-0.15, -0.1) is 0 Å². The fourth-order valence-corrected chi connectivity index (χ4v) is 2.52. The molecule has 0 radical (unpaired) electrons. The SMILES string of the molecule is CC(=O)c1nn(CC2CCOC2)c2ccc(F)cc12. The first kappa shape index (κ1) is 12.3. The van der Waals surface area contributed by atoms with Crippen LogP contribution in [-0.4, -0.2) is 28.8 Å². The molecule has 0 bridgehead atoms. The summed E-state index contributed by atoms with van der Waals surface area (Å²) in [4.78, 5) is 11.6. The highest BCUT2D eigenvalue weighted by Gasteiger charge is 2.20. The minimum absolute atomic E-state index is 0.142. The first-order valence-corrected chi connectivity index (χ1v) is 6.40. The number of carbonyl (C=O) groups excluding carboxylic acids is 1. The topological polar surface area (TPSA) is 44.1 Å². The van der Waals surface area contributed by atoms with E-state index >= 15 is 0 Å². The van der Waals surface area contributed by atoms with Crippen molar-refractivity contribution < 1.29 is 13.9 Å². The van der Waals surface area contributed by atoms with Gasteiger partial charge in [-0.25, -0.2) is 4.39 Å². The van der Waals surface area contributed by atoms with Crippen LogP contribution in [0.2, 0.25) is 0 Å². The van der Waals surface area contributed by atoms with Crippen molar-refractivity contribution in [3.05, 3.63) is 29.7 Å². The zero-order valence-corrected chi connectivity index (χ0v) is 10.7. The average molecular weight is 262 g/mol. The predicted octanol–water partition coefficient (Wildman–Crippen LogP) is 2.41. The number of fused-ring (bicyclic) bond motifs is 1. The number of Topliss-reactive ketones (excluding diaryl/α,β-unsaturated/α-hetero) is 1. The minimum Gasteiger partial charge on any atom is -0.381 e. The lowest BCUT2D eigenvalue weighted by molar-refractivity contribution is 0.101. The molecule has 0 aliphatic carbocycles. The highest BCUT2D eigenvalue weighted by molar-refractivity contribution is 6.04. The van der Waals surface area contributed by atoms with Crippen LogP contribution in [0.5, 0.6) is 0 Å². The summed E-state index contributed by atoms with van der Waals surface area (Å²) in [7, 11) is 0.